The van der Waals surface area contributed by atoms with Crippen molar-refractivity contribution in [3.63, 3.8) is 0 Å². The van der Waals surface area contributed by atoms with Crippen LogP contribution < -0.4 is 12.4 Å². The van der Waals surface area contributed by atoms with E-state index in [0.29, 0.717) is 51.6 Å². The third kappa shape index (κ3) is 48.3. The first-order valence-electron chi connectivity index (χ1n) is 30.3. The SMILES string of the molecule is C.C.CC#N.CCCO[P@@](=O)(OC[C@H]1O[CH-]CC1O)OC1C[CH-]O[C@@H]1CO.CCCO[P@@](=O)(OC[C@H]1O[CH-]CC1O[Si](C)(C)C(C)(C)C)OC1C[CH-]O[C@@H]1CC.CC[C@H]1O[CH-]CC1O[P+](=O)OC[C@H]1O[CH-]CC1O[Si](C)(C)C(C)(C)C.C[N+](C)(C)CCO.[Ba+2].[Ba+2].[Ba+2].[Ba+2].[Ba+2].[Ba+2].[Cl-].[H-].[H-].[H-].[H-].[H-].[H-]. The Morgan fingerprint density at radius 2 is 0.895 bits per heavy atom. The molecule has 0 spiro atoms. The molecule has 15 atom stereocenters. The van der Waals surface area contributed by atoms with E-state index in [-0.39, 0.29) is 428 Å². The van der Waals surface area contributed by atoms with Crippen LogP contribution in [0.5, 0.6) is 0 Å². The topological polar surface area (TPSA) is 283 Å². The third-order valence-corrected chi connectivity index (χ3v) is 28.0. The molecule has 6 saturated heterocycles. The number of ether oxygens (including phenoxy) is 6. The Hall–Kier alpha value is 9.40. The fourth-order valence-corrected chi connectivity index (χ4v) is 14.4. The van der Waals surface area contributed by atoms with Crippen molar-refractivity contribution in [2.45, 2.75) is 265 Å². The number of likely N-dealkylation sites (N-methyl/N-ethyl adjacent to an activating group) is 1. The smallest absolute Gasteiger partial charge is 1.00 e. The summed E-state index contributed by atoms with van der Waals surface area (Å²) in [6.07, 6.45) is 2.33. The fraction of sp³-hybridized carbons (Fsp3) is 0.881. The molecular weight excluding hydrogens is 2100 g/mol. The molecule has 6 fully saturated rings. The normalized spacial score (nSPS) is 26.7. The number of phosphoric ester groups is 2. The number of aliphatic hydroxyl groups excluding tert-OH is 3. The Labute approximate surface area is 835 Å². The second-order valence-corrected chi connectivity index (χ2v) is 39.1. The first-order chi connectivity index (χ1) is 40.2. The summed E-state index contributed by atoms with van der Waals surface area (Å²) >= 11 is 0. The molecule has 0 aromatic carbocycles. The number of phosphoric acid groups is 2. The number of nitrogens with zero attached hydrogens (tertiary/aromatic N) is 2. The Kier molecular flexibility index (Phi) is 79.4. The molecule has 3 N–H and O–H groups in total. The zero-order valence-electron chi connectivity index (χ0n) is 65.6. The number of aliphatic hydroxyl groups is 3. The standard InChI is InChI=1S/C20H39O7PSi.C17H32O6PSi.C13H23O8P.C5H14NO.C2H3N.2CH4.6Ba.ClH.6H/c1-8-12-24-28(21,26-17-10-13-22-16(17)9-2)25-15-19-18(11-14-23-19)27-29(6,7)20(3,4)5;1-7-13-14(8-10-19-13)22-24(18)21-12-16-15(9-11-20-16)23-25(5,6)17(2,3)4;1-2-5-19-22(16,20-9-13-10(15)3-6-18-13)21-11-4-7-17-12(11)8-14;1-6(2,3)4-5-7;1-2-3;;;;;;;;;;;;;;;/h13-14,16-19H,8-12,15H2,1-7H3;10-11,13-16H,7-9,12H2,1-6H3;6-7,10-15H,2-5,8-9H2,1H3;7H,4-5H2,1-3H3;1H3;2*1H4;;;;;;;1H;;;;;;/q-2;-1;-2;+1;;;;6*+2;;6*-1/p-1/t16-,17?,18?,19-,28+;13-,14?,15?,16-;10?,11?,12-,13-,22+;;;;;;;;;;;;;;;;;/m111................./s1. The van der Waals surface area contributed by atoms with Gasteiger partial charge in [-0.2, -0.15) is 5.26 Å². The van der Waals surface area contributed by atoms with Crippen molar-refractivity contribution in [3.05, 3.63) is 39.6 Å². The van der Waals surface area contributed by atoms with Crippen LogP contribution in [0.2, 0.25) is 36.3 Å². The van der Waals surface area contributed by atoms with E-state index < -0.39 is 65.0 Å². The van der Waals surface area contributed by atoms with Gasteiger partial charge in [-0.15, -0.1) is 47.6 Å². The first-order valence-corrected chi connectivity index (χ1v) is 40.1. The fourth-order valence-electron chi connectivity index (χ4n) is 7.94. The van der Waals surface area contributed by atoms with E-state index in [4.69, 9.17) is 83.8 Å². The van der Waals surface area contributed by atoms with Gasteiger partial charge in [-0.3, -0.25) is 27.1 Å². The van der Waals surface area contributed by atoms with Gasteiger partial charge in [0.25, 0.3) is 0 Å². The van der Waals surface area contributed by atoms with Gasteiger partial charge in [-0.05, 0) is 61.9 Å². The van der Waals surface area contributed by atoms with Crippen molar-refractivity contribution < 1.29 is 128 Å². The average molecular weight is 2220 g/mol. The molecule has 0 aromatic rings. The molecule has 6 rings (SSSR count). The van der Waals surface area contributed by atoms with Crippen LogP contribution in [0.3, 0.4) is 0 Å². The van der Waals surface area contributed by atoms with Crippen LogP contribution >= 0.6 is 23.9 Å². The maximum Gasteiger partial charge on any atom is 2.00 e. The maximum atomic E-state index is 13.3. The Morgan fingerprint density at radius 3 is 1.23 bits per heavy atom. The summed E-state index contributed by atoms with van der Waals surface area (Å²) in [6, 6.07) is 1.75. The van der Waals surface area contributed by atoms with Crippen molar-refractivity contribution in [1.82, 2.24) is 0 Å². The molecular formula is C59H125Ba6ClN2O22P3Si2+. The molecule has 544 valence electrons. The molecule has 0 aromatic heterocycles. The minimum absolute atomic E-state index is 0. The van der Waals surface area contributed by atoms with E-state index in [1.165, 1.54) is 20.1 Å². The van der Waals surface area contributed by atoms with E-state index in [9.17, 15) is 23.9 Å². The van der Waals surface area contributed by atoms with Gasteiger partial charge in [0.2, 0.25) is 0 Å². The van der Waals surface area contributed by atoms with Crippen LogP contribution in [0.1, 0.15) is 164 Å². The van der Waals surface area contributed by atoms with E-state index in [1.54, 1.807) is 32.5 Å². The van der Waals surface area contributed by atoms with Crippen LogP contribution in [0, 0.1) is 51.0 Å². The van der Waals surface area contributed by atoms with E-state index in [0.717, 1.165) is 30.3 Å². The molecule has 95 heavy (non-hydrogen) atoms. The third-order valence-electron chi connectivity index (χ3n) is 15.2. The summed E-state index contributed by atoms with van der Waals surface area (Å²) in [5.41, 5.74) is 0. The largest absolute Gasteiger partial charge is 2.00 e. The van der Waals surface area contributed by atoms with E-state index in [1.807, 2.05) is 27.7 Å². The Bertz CT molecular complexity index is 2090. The Balaban J connectivity index is -0.0000000822. The van der Waals surface area contributed by atoms with Crippen LogP contribution in [0.25, 0.3) is 0 Å². The first kappa shape index (κ1) is 120. The molecule has 6 aliphatic rings. The summed E-state index contributed by atoms with van der Waals surface area (Å²) in [5.74, 6) is 0. The van der Waals surface area contributed by atoms with Crippen LogP contribution in [0.15, 0.2) is 0 Å². The van der Waals surface area contributed by atoms with Crippen molar-refractivity contribution in [1.29, 1.82) is 5.26 Å². The van der Waals surface area contributed by atoms with Crippen LogP contribution in [-0.4, -0.2) is 477 Å². The molecule has 6 heterocycles. The van der Waals surface area contributed by atoms with Crippen LogP contribution in [0.4, 0.5) is 0 Å². The van der Waals surface area contributed by atoms with Crippen LogP contribution in [-0.2, 0) is 87.2 Å². The number of quaternary nitrogens is 1. The molecule has 0 saturated carbocycles. The van der Waals surface area contributed by atoms with Crippen molar-refractivity contribution >= 4 is 334 Å². The van der Waals surface area contributed by atoms with Gasteiger partial charge in [0.05, 0.1) is 116 Å². The molecule has 6 aliphatic heterocycles. The molecule has 7 unspecified atom stereocenters. The summed E-state index contributed by atoms with van der Waals surface area (Å²) in [7, 11) is -7.47. The molecule has 24 nitrogen and oxygen atoms in total. The molecule has 36 heteroatoms. The number of hydrogen-bond acceptors (Lipinski definition) is 23. The van der Waals surface area contributed by atoms with Crippen molar-refractivity contribution in [2.75, 3.05) is 73.9 Å². The number of hydrogen-bond donors (Lipinski definition) is 3. The van der Waals surface area contributed by atoms with Gasteiger partial charge in [0.1, 0.15) is 19.3 Å². The number of rotatable bonds is 30. The van der Waals surface area contributed by atoms with Crippen molar-refractivity contribution in [2.24, 2.45) is 0 Å². The maximum absolute atomic E-state index is 13.3. The van der Waals surface area contributed by atoms with Gasteiger partial charge >= 0.3 is 317 Å². The number of nitriles is 1. The average Bonchev–Trinajstić information content (AvgIpc) is 1.76. The Morgan fingerprint density at radius 1 is 0.568 bits per heavy atom. The van der Waals surface area contributed by atoms with E-state index >= 15 is 0 Å². The zero-order valence-corrected chi connectivity index (χ0v) is 91.7. The van der Waals surface area contributed by atoms with Gasteiger partial charge in [0.15, 0.2) is 16.6 Å². The summed E-state index contributed by atoms with van der Waals surface area (Å²) < 4.78 is 128. The van der Waals surface area contributed by atoms with Crippen molar-refractivity contribution in [3.8, 4) is 6.07 Å². The monoisotopic (exact) mass is 2230 g/mol. The summed E-state index contributed by atoms with van der Waals surface area (Å²) in [6.45, 7) is 42.8. The van der Waals surface area contributed by atoms with Gasteiger partial charge < -0.3 is 78.0 Å². The molecule has 0 bridgehead atoms. The quantitative estimate of drug-likeness (QED) is 0.0263. The summed E-state index contributed by atoms with van der Waals surface area (Å²) in [5, 5.41) is 34.8. The molecule has 0 radical (unpaired) electrons. The second-order valence-electron chi connectivity index (χ2n) is 25.4. The zero-order chi connectivity index (χ0) is 65.0. The second kappa shape index (κ2) is 62.8. The predicted octanol–water partition coefficient (Wildman–Crippen LogP) is 8.43. The molecule has 0 amide bonds. The summed E-state index contributed by atoms with van der Waals surface area (Å²) in [4.78, 5) is 0. The minimum Gasteiger partial charge on any atom is -1.00 e. The number of halogens is 1. The van der Waals surface area contributed by atoms with Gasteiger partial charge in [-0.1, -0.05) is 84.1 Å². The van der Waals surface area contributed by atoms with Gasteiger partial charge in [0, 0.05) is 29.8 Å². The minimum atomic E-state index is -3.83. The van der Waals surface area contributed by atoms with Gasteiger partial charge in [-0.25, -0.2) is 48.8 Å². The predicted molar refractivity (Wildman–Crippen MR) is 384 cm³/mol. The molecule has 0 aliphatic carbocycles. The van der Waals surface area contributed by atoms with E-state index in [2.05, 4.69) is 88.9 Å².